The van der Waals surface area contributed by atoms with Gasteiger partial charge in [0.15, 0.2) is 0 Å². The molecule has 4 nitrogen and oxygen atoms in total. The predicted octanol–water partition coefficient (Wildman–Crippen LogP) is 0.809. The zero-order valence-electron chi connectivity index (χ0n) is 8.00. The largest absolute Gasteiger partial charge is 0.469 e. The molecule has 0 aliphatic rings. The summed E-state index contributed by atoms with van der Waals surface area (Å²) in [6.07, 6.45) is 0.138. The summed E-state index contributed by atoms with van der Waals surface area (Å²) in [5.74, 6) is 0.203. The minimum Gasteiger partial charge on any atom is -0.469 e. The average Bonchev–Trinajstić information content (AvgIpc) is 2.02. The van der Waals surface area contributed by atoms with Gasteiger partial charge >= 0.3 is 5.97 Å². The Bertz CT molecular complexity index is 303. The van der Waals surface area contributed by atoms with E-state index in [1.807, 2.05) is 19.9 Å². The molecule has 4 heteroatoms. The fraction of sp³-hybridized carbons (Fsp3) is 0.444. The summed E-state index contributed by atoms with van der Waals surface area (Å²) in [6, 6.07) is 1.86. The molecule has 70 valence electrons. The fourth-order valence-corrected chi connectivity index (χ4v) is 1.08. The van der Waals surface area contributed by atoms with Crippen LogP contribution in [0.1, 0.15) is 17.2 Å². The minimum atomic E-state index is -0.315. The molecule has 0 bridgehead atoms. The van der Waals surface area contributed by atoms with E-state index in [1.54, 1.807) is 0 Å². The summed E-state index contributed by atoms with van der Waals surface area (Å²) in [6.45, 7) is 3.74. The van der Waals surface area contributed by atoms with Crippen molar-refractivity contribution in [2.75, 3.05) is 7.11 Å². The molecule has 1 aromatic rings. The number of esters is 1. The van der Waals surface area contributed by atoms with E-state index in [2.05, 4.69) is 14.7 Å². The van der Waals surface area contributed by atoms with E-state index in [0.717, 1.165) is 11.4 Å². The normalized spacial score (nSPS) is 9.77. The number of nitrogens with zero attached hydrogens (tertiary/aromatic N) is 2. The van der Waals surface area contributed by atoms with Gasteiger partial charge in [0.05, 0.1) is 7.11 Å². The van der Waals surface area contributed by atoms with Crippen molar-refractivity contribution in [3.63, 3.8) is 0 Å². The lowest BCUT2D eigenvalue weighted by Gasteiger charge is -2.01. The average molecular weight is 180 g/mol. The van der Waals surface area contributed by atoms with E-state index in [4.69, 9.17) is 0 Å². The predicted molar refractivity (Wildman–Crippen MR) is 47.2 cm³/mol. The highest BCUT2D eigenvalue weighted by molar-refractivity contribution is 5.71. The van der Waals surface area contributed by atoms with Crippen LogP contribution in [0.2, 0.25) is 0 Å². The Morgan fingerprint density at radius 3 is 2.38 bits per heavy atom. The molecule has 0 atom stereocenters. The Morgan fingerprint density at radius 1 is 1.38 bits per heavy atom. The molecule has 0 aliphatic heterocycles. The molecule has 1 aromatic heterocycles. The molecular formula is C9H12N2O2. The Morgan fingerprint density at radius 2 is 1.92 bits per heavy atom. The van der Waals surface area contributed by atoms with Gasteiger partial charge in [-0.2, -0.15) is 0 Å². The second-order valence-corrected chi connectivity index (χ2v) is 2.82. The van der Waals surface area contributed by atoms with E-state index >= 15 is 0 Å². The molecule has 0 aromatic carbocycles. The lowest BCUT2D eigenvalue weighted by Crippen LogP contribution is -2.09. The van der Waals surface area contributed by atoms with E-state index < -0.39 is 0 Å². The third-order valence-electron chi connectivity index (χ3n) is 1.56. The molecule has 0 amide bonds. The highest BCUT2D eigenvalue weighted by Crippen LogP contribution is 2.00. The lowest BCUT2D eigenvalue weighted by atomic mass is 10.3. The maximum Gasteiger partial charge on any atom is 0.313 e. The van der Waals surface area contributed by atoms with Crippen LogP contribution >= 0.6 is 0 Å². The zero-order chi connectivity index (χ0) is 9.84. The highest BCUT2D eigenvalue weighted by Gasteiger charge is 2.06. The molecule has 0 radical (unpaired) electrons. The third kappa shape index (κ3) is 2.82. The summed E-state index contributed by atoms with van der Waals surface area (Å²) in [7, 11) is 1.35. The van der Waals surface area contributed by atoms with Gasteiger partial charge in [0.25, 0.3) is 0 Å². The van der Waals surface area contributed by atoms with Crippen molar-refractivity contribution in [3.8, 4) is 0 Å². The number of aromatic nitrogens is 2. The molecule has 0 aliphatic carbocycles. The van der Waals surface area contributed by atoms with E-state index in [1.165, 1.54) is 7.11 Å². The van der Waals surface area contributed by atoms with Gasteiger partial charge in [-0.15, -0.1) is 0 Å². The van der Waals surface area contributed by atoms with Gasteiger partial charge in [0.1, 0.15) is 12.2 Å². The lowest BCUT2D eigenvalue weighted by molar-refractivity contribution is -0.139. The van der Waals surface area contributed by atoms with Crippen LogP contribution in [0.25, 0.3) is 0 Å². The van der Waals surface area contributed by atoms with Gasteiger partial charge < -0.3 is 4.74 Å². The number of hydrogen-bond acceptors (Lipinski definition) is 4. The van der Waals surface area contributed by atoms with E-state index in [9.17, 15) is 4.79 Å². The topological polar surface area (TPSA) is 52.1 Å². The molecule has 13 heavy (non-hydrogen) atoms. The van der Waals surface area contributed by atoms with Crippen molar-refractivity contribution in [2.24, 2.45) is 0 Å². The molecular weight excluding hydrogens is 168 g/mol. The first-order valence-corrected chi connectivity index (χ1v) is 4.00. The van der Waals surface area contributed by atoms with Crippen molar-refractivity contribution < 1.29 is 9.53 Å². The van der Waals surface area contributed by atoms with Crippen molar-refractivity contribution in [1.82, 2.24) is 9.97 Å². The third-order valence-corrected chi connectivity index (χ3v) is 1.56. The number of methoxy groups -OCH3 is 1. The number of aryl methyl sites for hydroxylation is 2. The first-order chi connectivity index (χ1) is 6.11. The molecule has 1 heterocycles. The molecule has 0 unspecified atom stereocenters. The smallest absolute Gasteiger partial charge is 0.313 e. The number of hydrogen-bond donors (Lipinski definition) is 0. The Hall–Kier alpha value is -1.45. The summed E-state index contributed by atoms with van der Waals surface area (Å²) < 4.78 is 4.51. The fourth-order valence-electron chi connectivity index (χ4n) is 1.08. The van der Waals surface area contributed by atoms with E-state index in [0.29, 0.717) is 5.82 Å². The Balaban J connectivity index is 2.83. The summed E-state index contributed by atoms with van der Waals surface area (Å²) in [5.41, 5.74) is 1.73. The van der Waals surface area contributed by atoms with Crippen molar-refractivity contribution >= 4 is 5.97 Å². The number of carbonyl (C=O) groups is 1. The Kier molecular flexibility index (Phi) is 2.95. The molecule has 0 spiro atoms. The van der Waals surface area contributed by atoms with Gasteiger partial charge in [-0.3, -0.25) is 4.79 Å². The first kappa shape index (κ1) is 9.64. The van der Waals surface area contributed by atoms with Crippen LogP contribution in [0.5, 0.6) is 0 Å². The van der Waals surface area contributed by atoms with Crippen LogP contribution in [0, 0.1) is 13.8 Å². The van der Waals surface area contributed by atoms with Crippen molar-refractivity contribution in [3.05, 3.63) is 23.3 Å². The summed E-state index contributed by atoms with van der Waals surface area (Å²) in [5, 5.41) is 0. The van der Waals surface area contributed by atoms with Crippen molar-refractivity contribution in [2.45, 2.75) is 20.3 Å². The quantitative estimate of drug-likeness (QED) is 0.632. The second-order valence-electron chi connectivity index (χ2n) is 2.82. The molecule has 0 saturated carbocycles. The number of rotatable bonds is 2. The number of ether oxygens (including phenoxy) is 1. The first-order valence-electron chi connectivity index (χ1n) is 4.00. The van der Waals surface area contributed by atoms with Gasteiger partial charge in [-0.1, -0.05) is 0 Å². The van der Waals surface area contributed by atoms with Crippen LogP contribution in [0.4, 0.5) is 0 Å². The van der Waals surface area contributed by atoms with Crippen LogP contribution in [0.3, 0.4) is 0 Å². The number of carbonyl (C=O) groups excluding carboxylic acids is 1. The van der Waals surface area contributed by atoms with Crippen molar-refractivity contribution in [1.29, 1.82) is 0 Å². The maximum atomic E-state index is 10.9. The van der Waals surface area contributed by atoms with Gasteiger partial charge in [-0.05, 0) is 19.9 Å². The van der Waals surface area contributed by atoms with Crippen LogP contribution in [0.15, 0.2) is 6.07 Å². The van der Waals surface area contributed by atoms with Gasteiger partial charge in [0, 0.05) is 11.4 Å². The van der Waals surface area contributed by atoms with Crippen LogP contribution < -0.4 is 0 Å². The highest BCUT2D eigenvalue weighted by atomic mass is 16.5. The van der Waals surface area contributed by atoms with Crippen LogP contribution in [-0.2, 0) is 16.0 Å². The summed E-state index contributed by atoms with van der Waals surface area (Å²) in [4.78, 5) is 19.1. The van der Waals surface area contributed by atoms with E-state index in [-0.39, 0.29) is 12.4 Å². The van der Waals surface area contributed by atoms with Gasteiger partial charge in [-0.25, -0.2) is 9.97 Å². The zero-order valence-corrected chi connectivity index (χ0v) is 8.00. The minimum absolute atomic E-state index is 0.138. The SMILES string of the molecule is COC(=O)Cc1nc(C)cc(C)n1. The standard InChI is InChI=1S/C9H12N2O2/c1-6-4-7(2)11-8(10-6)5-9(12)13-3/h4H,5H2,1-3H3. The molecule has 0 saturated heterocycles. The second kappa shape index (κ2) is 3.98. The Labute approximate surface area is 77.0 Å². The molecule has 0 N–H and O–H groups in total. The monoisotopic (exact) mass is 180 g/mol. The van der Waals surface area contributed by atoms with Gasteiger partial charge in [0.2, 0.25) is 0 Å². The maximum absolute atomic E-state index is 10.9. The molecule has 0 fully saturated rings. The van der Waals surface area contributed by atoms with Crippen LogP contribution in [-0.4, -0.2) is 23.0 Å². The summed E-state index contributed by atoms with van der Waals surface area (Å²) >= 11 is 0. The molecule has 1 rings (SSSR count).